The van der Waals surface area contributed by atoms with Crippen LogP contribution in [0.2, 0.25) is 0 Å². The van der Waals surface area contributed by atoms with E-state index in [0.29, 0.717) is 24.0 Å². The number of carbonyl (C=O) groups is 3. The van der Waals surface area contributed by atoms with E-state index in [1.807, 2.05) is 59.7 Å². The van der Waals surface area contributed by atoms with Crippen LogP contribution < -0.4 is 21.2 Å². The Kier molecular flexibility index (Phi) is 11.0. The van der Waals surface area contributed by atoms with Crippen LogP contribution in [0, 0.1) is 23.4 Å². The summed E-state index contributed by atoms with van der Waals surface area (Å²) in [6, 6.07) is 12.0. The molecule has 18 heteroatoms. The highest BCUT2D eigenvalue weighted by molar-refractivity contribution is 6.00. The lowest BCUT2D eigenvalue weighted by atomic mass is 9.86. The first-order chi connectivity index (χ1) is 29.9. The fraction of sp³-hybridized carbons (Fsp3) is 0.386. The number of nitrogens with zero attached hydrogens (tertiary/aromatic N) is 8. The van der Waals surface area contributed by atoms with Gasteiger partial charge in [0.25, 0.3) is 5.91 Å². The lowest BCUT2D eigenvalue weighted by molar-refractivity contribution is -0.135. The summed E-state index contributed by atoms with van der Waals surface area (Å²) in [7, 11) is 1.71. The van der Waals surface area contributed by atoms with Crippen molar-refractivity contribution < 1.29 is 32.7 Å². The number of hydrogen-bond acceptors (Lipinski definition) is 10. The van der Waals surface area contributed by atoms with Crippen LogP contribution in [0.25, 0.3) is 33.1 Å². The number of halogens is 3. The molecule has 1 aliphatic carbocycles. The van der Waals surface area contributed by atoms with Gasteiger partial charge in [-0.05, 0) is 79.8 Å². The van der Waals surface area contributed by atoms with Crippen LogP contribution in [-0.2, 0) is 23.1 Å². The van der Waals surface area contributed by atoms with Crippen LogP contribution in [0.4, 0.5) is 19.1 Å². The maximum absolute atomic E-state index is 14.1. The van der Waals surface area contributed by atoms with E-state index in [9.17, 15) is 37.5 Å². The summed E-state index contributed by atoms with van der Waals surface area (Å²) >= 11 is 0. The van der Waals surface area contributed by atoms with E-state index in [-0.39, 0.29) is 36.5 Å². The zero-order valence-corrected chi connectivity index (χ0v) is 34.0. The van der Waals surface area contributed by atoms with Crippen molar-refractivity contribution in [1.82, 2.24) is 44.4 Å². The molecule has 62 heavy (non-hydrogen) atoms. The van der Waals surface area contributed by atoms with Gasteiger partial charge < -0.3 is 15.3 Å². The largest absolute Gasteiger partial charge is 0.503 e. The topological polar surface area (TPSA) is 173 Å². The quantitative estimate of drug-likeness (QED) is 0.129. The van der Waals surface area contributed by atoms with Gasteiger partial charge in [-0.15, -0.1) is 0 Å². The third-order valence-corrected chi connectivity index (χ3v) is 12.7. The number of benzene rings is 3. The molecule has 0 radical (unpaired) electrons. The second-order valence-electron chi connectivity index (χ2n) is 16.5. The zero-order chi connectivity index (χ0) is 43.2. The van der Waals surface area contributed by atoms with Crippen molar-refractivity contribution in [2.75, 3.05) is 44.2 Å². The molecule has 3 aromatic carbocycles. The number of aromatic nitrogens is 6. The maximum Gasteiger partial charge on any atom is 0.329 e. The molecule has 3 amide bonds. The van der Waals surface area contributed by atoms with E-state index in [4.69, 9.17) is 15.1 Å². The highest BCUT2D eigenvalue weighted by Gasteiger charge is 2.32. The molecule has 2 aliphatic heterocycles. The Morgan fingerprint density at radius 3 is 2.39 bits per heavy atom. The fourth-order valence-electron chi connectivity index (χ4n) is 8.98. The Labute approximate surface area is 353 Å². The molecule has 0 spiro atoms. The van der Waals surface area contributed by atoms with Gasteiger partial charge in [0, 0.05) is 82.3 Å². The van der Waals surface area contributed by atoms with Crippen molar-refractivity contribution in [3.05, 3.63) is 100 Å². The first-order valence-electron chi connectivity index (χ1n) is 20.9. The monoisotopic (exact) mass is 850 g/mol. The molecular formula is C44H45F3N10O5. The first kappa shape index (κ1) is 40.8. The number of phenolic OH excluding ortho intramolecular Hbond substituents is 1. The lowest BCUT2D eigenvalue weighted by Crippen LogP contribution is -2.47. The number of fused-ring (bicyclic) bond motifs is 2. The SMILES string of the molecule is Cn1c(=O)n(C2CCC(=O)NC2=O)c2ccc(CCN3CCN(c4ncc(-c5ccc6cn([C@H]7CC[C@H](CNC(=O)c8cc(F)c(O)c(F)c8F)CC7)nc6c5)cn4)CC3)cc21. The summed E-state index contributed by atoms with van der Waals surface area (Å²) in [5.41, 5.74) is 4.15. The molecular weight excluding hydrogens is 806 g/mol. The van der Waals surface area contributed by atoms with E-state index < -0.39 is 46.6 Å². The Bertz CT molecular complexity index is 2770. The van der Waals surface area contributed by atoms with Crippen molar-refractivity contribution in [3.63, 3.8) is 0 Å². The van der Waals surface area contributed by atoms with Crippen molar-refractivity contribution in [2.24, 2.45) is 13.0 Å². The molecule has 1 saturated carbocycles. The van der Waals surface area contributed by atoms with Gasteiger partial charge in [-0.25, -0.2) is 23.5 Å². The van der Waals surface area contributed by atoms with Crippen molar-refractivity contribution in [2.45, 2.75) is 57.0 Å². The lowest BCUT2D eigenvalue weighted by Gasteiger charge is -2.34. The minimum Gasteiger partial charge on any atom is -0.503 e. The van der Waals surface area contributed by atoms with Crippen LogP contribution in [0.1, 0.15) is 66.5 Å². The molecule has 3 fully saturated rings. The first-order valence-corrected chi connectivity index (χ1v) is 20.9. The summed E-state index contributed by atoms with van der Waals surface area (Å²) in [5, 5.41) is 20.1. The van der Waals surface area contributed by atoms with Crippen LogP contribution in [-0.4, -0.2) is 95.9 Å². The van der Waals surface area contributed by atoms with E-state index in [1.54, 1.807) is 11.6 Å². The number of piperidine rings is 1. The van der Waals surface area contributed by atoms with Crippen LogP contribution in [0.5, 0.6) is 5.75 Å². The smallest absolute Gasteiger partial charge is 0.329 e. The van der Waals surface area contributed by atoms with Gasteiger partial charge >= 0.3 is 5.69 Å². The molecule has 3 aromatic heterocycles. The fourth-order valence-corrected chi connectivity index (χ4v) is 8.98. The third kappa shape index (κ3) is 7.89. The number of nitrogens with one attached hydrogen (secondary N) is 2. The average molecular weight is 851 g/mol. The average Bonchev–Trinajstić information content (AvgIpc) is 3.83. The molecule has 2 saturated heterocycles. The number of anilines is 1. The van der Waals surface area contributed by atoms with Gasteiger partial charge in [0.1, 0.15) is 6.04 Å². The highest BCUT2D eigenvalue weighted by Crippen LogP contribution is 2.34. The molecule has 0 bridgehead atoms. The number of imidazole rings is 1. The zero-order valence-electron chi connectivity index (χ0n) is 34.0. The molecule has 1 atom stereocenters. The van der Waals surface area contributed by atoms with E-state index in [1.165, 1.54) is 4.57 Å². The van der Waals surface area contributed by atoms with Gasteiger partial charge in [-0.1, -0.05) is 18.2 Å². The number of rotatable bonds is 10. The summed E-state index contributed by atoms with van der Waals surface area (Å²) in [4.78, 5) is 63.9. The van der Waals surface area contributed by atoms with E-state index >= 15 is 0 Å². The minimum absolute atomic E-state index is 0.108. The Balaban J connectivity index is 0.755. The number of amides is 3. The summed E-state index contributed by atoms with van der Waals surface area (Å²) in [6.07, 6.45) is 10.2. The van der Waals surface area contributed by atoms with Crippen LogP contribution in [0.15, 0.2) is 65.8 Å². The molecule has 322 valence electrons. The number of imide groups is 1. The Morgan fingerprint density at radius 2 is 1.65 bits per heavy atom. The Hall–Kier alpha value is -6.56. The van der Waals surface area contributed by atoms with Gasteiger partial charge in [0.2, 0.25) is 23.6 Å². The summed E-state index contributed by atoms with van der Waals surface area (Å²) in [5.74, 6) is -7.14. The number of phenols is 1. The third-order valence-electron chi connectivity index (χ3n) is 12.7. The maximum atomic E-state index is 14.1. The molecule has 9 rings (SSSR count). The van der Waals surface area contributed by atoms with Gasteiger partial charge in [0.15, 0.2) is 17.4 Å². The van der Waals surface area contributed by atoms with Crippen LogP contribution >= 0.6 is 0 Å². The molecule has 6 aromatic rings. The van der Waals surface area contributed by atoms with Gasteiger partial charge in [-0.2, -0.15) is 9.49 Å². The summed E-state index contributed by atoms with van der Waals surface area (Å²) in [6.45, 7) is 4.34. The second kappa shape index (κ2) is 16.7. The number of hydrogen-bond donors (Lipinski definition) is 3. The number of piperazine rings is 1. The standard InChI is InChI=1S/C44H45F3N10O5/c1-53-36-18-25(4-9-34(36)57(44(53)62)35-10-11-37(58)51-42(35)61)12-13-54-14-16-55(17-15-54)43-49-22-29(23-50-43)27-5-6-28-24-56(52-33(28)19-27)30-7-2-26(3-8-30)21-48-41(60)31-20-32(45)40(59)39(47)38(31)46/h4-6,9,18-20,22-24,26,30,35,59H,2-3,7-8,10-17,21H2,1H3,(H,48,60)(H,51,58,61)/t26-,30-,35?. The summed E-state index contributed by atoms with van der Waals surface area (Å²) < 4.78 is 46.7. The van der Waals surface area contributed by atoms with E-state index in [2.05, 4.69) is 20.4 Å². The Morgan fingerprint density at radius 1 is 0.887 bits per heavy atom. The van der Waals surface area contributed by atoms with Gasteiger partial charge in [-0.3, -0.25) is 38.4 Å². The molecule has 5 heterocycles. The number of aromatic hydroxyl groups is 1. The number of aryl methyl sites for hydroxylation is 1. The van der Waals surface area contributed by atoms with Crippen molar-refractivity contribution >= 4 is 45.6 Å². The second-order valence-corrected chi connectivity index (χ2v) is 16.5. The van der Waals surface area contributed by atoms with Gasteiger partial charge in [0.05, 0.1) is 28.2 Å². The molecule has 15 nitrogen and oxygen atoms in total. The molecule has 3 N–H and O–H groups in total. The van der Waals surface area contributed by atoms with Crippen molar-refractivity contribution in [1.29, 1.82) is 0 Å². The van der Waals surface area contributed by atoms with Crippen molar-refractivity contribution in [3.8, 4) is 16.9 Å². The predicted molar refractivity (Wildman–Crippen MR) is 223 cm³/mol. The normalized spacial score (nSPS) is 19.9. The molecule has 3 aliphatic rings. The predicted octanol–water partition coefficient (Wildman–Crippen LogP) is 4.77. The van der Waals surface area contributed by atoms with E-state index in [0.717, 1.165) is 97.9 Å². The molecule has 1 unspecified atom stereocenters. The minimum atomic E-state index is -1.79. The highest BCUT2D eigenvalue weighted by atomic mass is 19.2. The number of carbonyl (C=O) groups excluding carboxylic acids is 3. The van der Waals surface area contributed by atoms with Crippen LogP contribution in [0.3, 0.4) is 0 Å².